The van der Waals surface area contributed by atoms with Crippen molar-refractivity contribution in [2.75, 3.05) is 0 Å². The van der Waals surface area contributed by atoms with Crippen molar-refractivity contribution in [2.24, 2.45) is 0 Å². The van der Waals surface area contributed by atoms with Crippen molar-refractivity contribution in [1.82, 2.24) is 0 Å². The second kappa shape index (κ2) is 14.9. The molecule has 0 aromatic heterocycles. The monoisotopic (exact) mass is 654 g/mol. The van der Waals surface area contributed by atoms with E-state index in [9.17, 15) is 0 Å². The Morgan fingerprint density at radius 2 is 0.333 bits per heavy atom. The zero-order valence-electron chi connectivity index (χ0n) is 30.8. The standard InChI is InChI=1S/C48H45B3/c1-34-7-19-40(20-8-34)49(41-21-9-35(2)10-22-41)46-31-47(50(42-23-11-36(3)12-24-42)43-25-13-37(4)14-26-43)33-48(32-46)51(44-27-15-38(5)16-28-44)45-29-17-39(6)18-30-45/h7-33H,1-6H3. The van der Waals surface area contributed by atoms with Gasteiger partial charge in [0.2, 0.25) is 20.1 Å². The van der Waals surface area contributed by atoms with Gasteiger partial charge >= 0.3 is 0 Å². The normalized spacial score (nSPS) is 10.9. The van der Waals surface area contributed by atoms with Gasteiger partial charge in [-0.25, -0.2) is 0 Å². The molecule has 246 valence electrons. The smallest absolute Gasteiger partial charge is 0.0717 e. The fourth-order valence-corrected chi connectivity index (χ4v) is 7.49. The summed E-state index contributed by atoms with van der Waals surface area (Å²) in [5, 5.41) is 0. The van der Waals surface area contributed by atoms with Crippen LogP contribution in [0.5, 0.6) is 0 Å². The van der Waals surface area contributed by atoms with Crippen LogP contribution in [0.3, 0.4) is 0 Å². The second-order valence-corrected chi connectivity index (χ2v) is 14.7. The van der Waals surface area contributed by atoms with E-state index < -0.39 is 0 Å². The summed E-state index contributed by atoms with van der Waals surface area (Å²) >= 11 is 0. The molecular weight excluding hydrogens is 609 g/mol. The lowest BCUT2D eigenvalue weighted by molar-refractivity contribution is 1.48. The summed E-state index contributed by atoms with van der Waals surface area (Å²) in [6, 6.07) is 62.4. The fourth-order valence-electron chi connectivity index (χ4n) is 7.49. The Morgan fingerprint density at radius 1 is 0.196 bits per heavy atom. The van der Waals surface area contributed by atoms with Crippen LogP contribution in [0.15, 0.2) is 164 Å². The largest absolute Gasteiger partial charge is 0.241 e. The molecule has 0 aliphatic heterocycles. The molecule has 0 N–H and O–H groups in total. The Kier molecular flexibility index (Phi) is 10.0. The van der Waals surface area contributed by atoms with Crippen molar-refractivity contribution < 1.29 is 0 Å². The molecule has 0 saturated heterocycles. The van der Waals surface area contributed by atoms with Crippen LogP contribution in [0.25, 0.3) is 0 Å². The molecule has 0 nitrogen and oxygen atoms in total. The average molecular weight is 654 g/mol. The number of rotatable bonds is 9. The van der Waals surface area contributed by atoms with Crippen molar-refractivity contribution in [2.45, 2.75) is 41.5 Å². The Morgan fingerprint density at radius 3 is 0.471 bits per heavy atom. The Hall–Kier alpha value is -5.27. The van der Waals surface area contributed by atoms with E-state index in [4.69, 9.17) is 0 Å². The molecule has 7 aromatic rings. The van der Waals surface area contributed by atoms with Crippen molar-refractivity contribution >= 4 is 69.3 Å². The third kappa shape index (κ3) is 7.74. The van der Waals surface area contributed by atoms with Crippen LogP contribution < -0.4 is 49.2 Å². The number of benzene rings is 7. The van der Waals surface area contributed by atoms with Crippen LogP contribution in [0.4, 0.5) is 0 Å². The summed E-state index contributed by atoms with van der Waals surface area (Å²) < 4.78 is 0. The maximum atomic E-state index is 2.50. The lowest BCUT2D eigenvalue weighted by atomic mass is 9.30. The van der Waals surface area contributed by atoms with Crippen molar-refractivity contribution in [3.8, 4) is 0 Å². The summed E-state index contributed by atoms with van der Waals surface area (Å²) in [5.74, 6) is 0. The zero-order valence-corrected chi connectivity index (χ0v) is 30.8. The van der Waals surface area contributed by atoms with Crippen LogP contribution in [0.1, 0.15) is 33.4 Å². The van der Waals surface area contributed by atoms with Gasteiger partial charge in [0.15, 0.2) is 0 Å². The van der Waals surface area contributed by atoms with E-state index in [-0.39, 0.29) is 20.1 Å². The molecule has 0 atom stereocenters. The minimum absolute atomic E-state index is 0.0678. The molecule has 0 radical (unpaired) electrons. The topological polar surface area (TPSA) is 0 Å². The molecule has 0 aliphatic carbocycles. The molecule has 51 heavy (non-hydrogen) atoms. The maximum absolute atomic E-state index is 2.50. The van der Waals surface area contributed by atoms with Crippen LogP contribution in [-0.4, -0.2) is 20.1 Å². The van der Waals surface area contributed by atoms with Gasteiger partial charge in [0, 0.05) is 0 Å². The van der Waals surface area contributed by atoms with E-state index >= 15 is 0 Å². The van der Waals surface area contributed by atoms with Crippen LogP contribution in [0.2, 0.25) is 0 Å². The van der Waals surface area contributed by atoms with E-state index in [0.29, 0.717) is 0 Å². The minimum atomic E-state index is 0.0678. The highest BCUT2D eigenvalue weighted by Crippen LogP contribution is 2.06. The van der Waals surface area contributed by atoms with Gasteiger partial charge in [-0.15, -0.1) is 0 Å². The second-order valence-electron chi connectivity index (χ2n) is 14.7. The number of hydrogen-bond donors (Lipinski definition) is 0. The lowest BCUT2D eigenvalue weighted by Crippen LogP contribution is -2.61. The summed E-state index contributed by atoms with van der Waals surface area (Å²) in [7, 11) is 0. The predicted molar refractivity (Wildman–Crippen MR) is 227 cm³/mol. The van der Waals surface area contributed by atoms with Gasteiger partial charge in [-0.2, -0.15) is 0 Å². The zero-order chi connectivity index (χ0) is 35.5. The van der Waals surface area contributed by atoms with Gasteiger partial charge in [-0.1, -0.05) is 246 Å². The predicted octanol–water partition coefficient (Wildman–Crippen LogP) is 5.09. The first-order valence-electron chi connectivity index (χ1n) is 18.3. The minimum Gasteiger partial charge on any atom is -0.0717 e. The van der Waals surface area contributed by atoms with Crippen molar-refractivity contribution in [3.63, 3.8) is 0 Å². The molecule has 0 amide bonds. The summed E-state index contributed by atoms with van der Waals surface area (Å²) in [5.41, 5.74) is 19.4. The molecule has 0 saturated carbocycles. The van der Waals surface area contributed by atoms with Crippen LogP contribution in [-0.2, 0) is 0 Å². The first-order chi connectivity index (χ1) is 24.7. The van der Waals surface area contributed by atoms with Crippen molar-refractivity contribution in [1.29, 1.82) is 0 Å². The molecule has 0 spiro atoms. The average Bonchev–Trinajstić information content (AvgIpc) is 3.13. The fraction of sp³-hybridized carbons (Fsp3) is 0.125. The molecule has 3 heteroatoms. The van der Waals surface area contributed by atoms with E-state index in [0.717, 1.165) is 0 Å². The molecule has 0 heterocycles. The highest BCUT2D eigenvalue weighted by molar-refractivity contribution is 7.00. The maximum Gasteiger partial charge on any atom is 0.241 e. The summed E-state index contributed by atoms with van der Waals surface area (Å²) in [4.78, 5) is 0. The van der Waals surface area contributed by atoms with Gasteiger partial charge in [0.1, 0.15) is 0 Å². The molecule has 0 fully saturated rings. The molecule has 0 bridgehead atoms. The third-order valence-corrected chi connectivity index (χ3v) is 10.5. The number of aryl methyl sites for hydroxylation is 6. The Labute approximate surface area is 306 Å². The van der Waals surface area contributed by atoms with Crippen molar-refractivity contribution in [3.05, 3.63) is 197 Å². The molecular formula is C48H45B3. The van der Waals surface area contributed by atoms with Gasteiger partial charge in [-0.3, -0.25) is 0 Å². The first-order valence-corrected chi connectivity index (χ1v) is 18.3. The van der Waals surface area contributed by atoms with Gasteiger partial charge in [-0.05, 0) is 41.5 Å². The Bertz CT molecular complexity index is 1810. The lowest BCUT2D eigenvalue weighted by Gasteiger charge is -2.24. The highest BCUT2D eigenvalue weighted by Gasteiger charge is 2.30. The third-order valence-electron chi connectivity index (χ3n) is 10.5. The van der Waals surface area contributed by atoms with Crippen LogP contribution >= 0.6 is 0 Å². The van der Waals surface area contributed by atoms with Crippen LogP contribution in [0, 0.1) is 41.5 Å². The summed E-state index contributed by atoms with van der Waals surface area (Å²) in [6.07, 6.45) is 0. The first kappa shape index (κ1) is 34.2. The molecule has 7 rings (SSSR count). The molecule has 0 aliphatic rings. The van der Waals surface area contributed by atoms with E-state index in [1.807, 2.05) is 0 Å². The number of hydrogen-bond acceptors (Lipinski definition) is 0. The Balaban J connectivity index is 1.54. The van der Waals surface area contributed by atoms with Gasteiger partial charge in [0.25, 0.3) is 0 Å². The SMILES string of the molecule is Cc1ccc(B(c2ccc(C)cc2)c2cc(B(c3ccc(C)cc3)c3ccc(C)cc3)cc(B(c3ccc(C)cc3)c3ccc(C)cc3)c2)cc1. The van der Waals surface area contributed by atoms with E-state index in [1.165, 1.54) is 82.5 Å². The van der Waals surface area contributed by atoms with Gasteiger partial charge < -0.3 is 0 Å². The molecule has 0 unspecified atom stereocenters. The summed E-state index contributed by atoms with van der Waals surface area (Å²) in [6.45, 7) is 13.2. The van der Waals surface area contributed by atoms with E-state index in [1.54, 1.807) is 0 Å². The quantitative estimate of drug-likeness (QED) is 0.191. The molecule has 7 aromatic carbocycles. The van der Waals surface area contributed by atoms with E-state index in [2.05, 4.69) is 205 Å². The van der Waals surface area contributed by atoms with Gasteiger partial charge in [0.05, 0.1) is 0 Å². The highest BCUT2D eigenvalue weighted by atomic mass is 14.1.